The quantitative estimate of drug-likeness (QED) is 0.744. The van der Waals surface area contributed by atoms with Gasteiger partial charge in [-0.2, -0.15) is 5.10 Å². The number of carbonyl (C=O) groups excluding carboxylic acids is 1. The molecule has 1 saturated heterocycles. The Labute approximate surface area is 153 Å². The highest BCUT2D eigenvalue weighted by molar-refractivity contribution is 9.10. The summed E-state index contributed by atoms with van der Waals surface area (Å²) in [6.07, 6.45) is 3.64. The van der Waals surface area contributed by atoms with Gasteiger partial charge >= 0.3 is 0 Å². The molecule has 9 heteroatoms. The molecule has 1 aliphatic rings. The van der Waals surface area contributed by atoms with Gasteiger partial charge in [0.2, 0.25) is 0 Å². The van der Waals surface area contributed by atoms with Crippen molar-refractivity contribution in [2.75, 3.05) is 31.1 Å². The van der Waals surface area contributed by atoms with E-state index in [4.69, 9.17) is 12.2 Å². The highest BCUT2D eigenvalue weighted by Crippen LogP contribution is 2.14. The number of piperazine rings is 1. The lowest BCUT2D eigenvalue weighted by atomic mass is 10.3. The molecule has 2 aromatic heterocycles. The number of nitrogens with zero attached hydrogens (tertiary/aromatic N) is 4. The van der Waals surface area contributed by atoms with Gasteiger partial charge in [0.25, 0.3) is 11.7 Å². The maximum absolute atomic E-state index is 12.3. The van der Waals surface area contributed by atoms with E-state index < -0.39 is 0 Å². The Balaban J connectivity index is 1.55. The summed E-state index contributed by atoms with van der Waals surface area (Å²) in [6, 6.07) is 6.02. The number of rotatable bonds is 2. The van der Waals surface area contributed by atoms with Crippen molar-refractivity contribution < 1.29 is 9.78 Å². The van der Waals surface area contributed by atoms with Crippen molar-refractivity contribution in [3.8, 4) is 0 Å². The number of hydrogen-bond acceptors (Lipinski definition) is 4. The number of aromatic nitrogens is 3. The molecule has 7 nitrogen and oxygen atoms in total. The Hall–Kier alpha value is -2.00. The topological polar surface area (TPSA) is 67.5 Å². The first kappa shape index (κ1) is 16.8. The maximum atomic E-state index is 12.3. The Kier molecular flexibility index (Phi) is 5.10. The van der Waals surface area contributed by atoms with Gasteiger partial charge in [-0.25, -0.2) is 4.98 Å². The fourth-order valence-corrected chi connectivity index (χ4v) is 3.41. The number of amides is 1. The van der Waals surface area contributed by atoms with Gasteiger partial charge < -0.3 is 4.90 Å². The fraction of sp³-hybridized carbons (Fsp3) is 0.333. The Bertz CT molecular complexity index is 742. The third-order valence-electron chi connectivity index (χ3n) is 3.82. The third-order valence-corrected chi connectivity index (χ3v) is 4.76. The number of thiocarbonyl (C=S) groups is 1. The van der Waals surface area contributed by atoms with E-state index in [2.05, 4.69) is 36.2 Å². The van der Waals surface area contributed by atoms with Crippen molar-refractivity contribution in [2.45, 2.75) is 0 Å². The van der Waals surface area contributed by atoms with E-state index in [1.165, 1.54) is 0 Å². The van der Waals surface area contributed by atoms with Gasteiger partial charge in [-0.1, -0.05) is 6.07 Å². The fourth-order valence-electron chi connectivity index (χ4n) is 2.58. The number of pyridine rings is 1. The van der Waals surface area contributed by atoms with Crippen molar-refractivity contribution in [3.63, 3.8) is 0 Å². The smallest absolute Gasteiger partial charge is 0.279 e. The standard InChI is InChI=1S/C15H17BrN6OS/c1-20-10-11(16)13(19-20)14(23)18-15(24)22-8-6-21(7-9-22)12-4-2-3-5-17-12/h2-5,10H,6-9H2,1H3,(H,18,23,24)/p+1. The molecule has 126 valence electrons. The third kappa shape index (κ3) is 3.73. The van der Waals surface area contributed by atoms with Crippen molar-refractivity contribution in [1.82, 2.24) is 20.0 Å². The van der Waals surface area contributed by atoms with Crippen molar-refractivity contribution >= 4 is 45.0 Å². The van der Waals surface area contributed by atoms with Gasteiger partial charge in [-0.15, -0.1) is 0 Å². The largest absolute Gasteiger partial charge is 0.341 e. The SMILES string of the molecule is Cn1cc(Br)c(C(=O)NC(=S)N2CCN(c3cccc[nH+]3)CC2)n1. The molecule has 0 aromatic carbocycles. The van der Waals surface area contributed by atoms with E-state index in [0.717, 1.165) is 32.0 Å². The summed E-state index contributed by atoms with van der Waals surface area (Å²) in [5, 5.41) is 7.33. The number of hydrogen-bond donors (Lipinski definition) is 1. The minimum absolute atomic E-state index is 0.300. The average Bonchev–Trinajstić information content (AvgIpc) is 2.94. The van der Waals surface area contributed by atoms with Gasteiger partial charge in [0.15, 0.2) is 10.8 Å². The number of carbonyl (C=O) groups is 1. The van der Waals surface area contributed by atoms with Crippen LogP contribution in [0.3, 0.4) is 0 Å². The van der Waals surface area contributed by atoms with Crippen LogP contribution in [0, 0.1) is 0 Å². The van der Waals surface area contributed by atoms with E-state index in [1.807, 2.05) is 29.3 Å². The first-order valence-corrected chi connectivity index (χ1v) is 8.76. The molecule has 1 aliphatic heterocycles. The van der Waals surface area contributed by atoms with Crippen LogP contribution in [0.15, 0.2) is 35.1 Å². The van der Waals surface area contributed by atoms with E-state index in [0.29, 0.717) is 15.3 Å². The van der Waals surface area contributed by atoms with Crippen LogP contribution in [-0.2, 0) is 7.05 Å². The highest BCUT2D eigenvalue weighted by atomic mass is 79.9. The van der Waals surface area contributed by atoms with E-state index >= 15 is 0 Å². The molecule has 0 atom stereocenters. The summed E-state index contributed by atoms with van der Waals surface area (Å²) in [7, 11) is 1.76. The molecule has 3 rings (SSSR count). The summed E-state index contributed by atoms with van der Waals surface area (Å²) in [6.45, 7) is 3.18. The first-order valence-electron chi connectivity index (χ1n) is 7.55. The van der Waals surface area contributed by atoms with Gasteiger partial charge in [0, 0.05) is 19.3 Å². The summed E-state index contributed by atoms with van der Waals surface area (Å²) in [4.78, 5) is 19.8. The molecule has 2 aromatic rings. The molecule has 0 aliphatic carbocycles. The molecule has 0 radical (unpaired) electrons. The lowest BCUT2D eigenvalue weighted by molar-refractivity contribution is -0.364. The normalized spacial score (nSPS) is 14.6. The van der Waals surface area contributed by atoms with E-state index in [-0.39, 0.29) is 5.91 Å². The number of halogens is 1. The molecular formula is C15H18BrN6OS+. The van der Waals surface area contributed by atoms with Crippen LogP contribution in [0.25, 0.3) is 0 Å². The zero-order valence-corrected chi connectivity index (χ0v) is 15.6. The second kappa shape index (κ2) is 7.27. The Morgan fingerprint density at radius 3 is 2.67 bits per heavy atom. The predicted molar refractivity (Wildman–Crippen MR) is 97.8 cm³/mol. The van der Waals surface area contributed by atoms with Crippen molar-refractivity contribution in [2.24, 2.45) is 7.05 Å². The summed E-state index contributed by atoms with van der Waals surface area (Å²) < 4.78 is 2.23. The second-order valence-corrected chi connectivity index (χ2v) is 6.72. The van der Waals surface area contributed by atoms with Gasteiger partial charge in [0.05, 0.1) is 23.8 Å². The average molecular weight is 410 g/mol. The molecular weight excluding hydrogens is 392 g/mol. The van der Waals surface area contributed by atoms with E-state index in [9.17, 15) is 4.79 Å². The lowest BCUT2D eigenvalue weighted by Crippen LogP contribution is -2.53. The second-order valence-electron chi connectivity index (χ2n) is 5.48. The molecule has 1 fully saturated rings. The Morgan fingerprint density at radius 2 is 2.08 bits per heavy atom. The van der Waals surface area contributed by atoms with Crippen LogP contribution in [0.2, 0.25) is 0 Å². The van der Waals surface area contributed by atoms with Crippen molar-refractivity contribution in [1.29, 1.82) is 0 Å². The number of nitrogens with one attached hydrogen (secondary N) is 2. The molecule has 0 spiro atoms. The van der Waals surface area contributed by atoms with Crippen molar-refractivity contribution in [3.05, 3.63) is 40.8 Å². The lowest BCUT2D eigenvalue weighted by Gasteiger charge is -2.32. The number of aryl methyl sites for hydroxylation is 1. The van der Waals surface area contributed by atoms with Gasteiger partial charge in [-0.05, 0) is 34.2 Å². The van der Waals surface area contributed by atoms with Gasteiger partial charge in [0.1, 0.15) is 13.1 Å². The minimum Gasteiger partial charge on any atom is -0.341 e. The molecule has 0 bridgehead atoms. The van der Waals surface area contributed by atoms with Crippen LogP contribution >= 0.6 is 28.1 Å². The van der Waals surface area contributed by atoms with Crippen LogP contribution in [0.5, 0.6) is 0 Å². The molecule has 0 unspecified atom stereocenters. The highest BCUT2D eigenvalue weighted by Gasteiger charge is 2.26. The zero-order chi connectivity index (χ0) is 17.1. The maximum Gasteiger partial charge on any atom is 0.279 e. The van der Waals surface area contributed by atoms with E-state index in [1.54, 1.807) is 17.9 Å². The summed E-state index contributed by atoms with van der Waals surface area (Å²) in [5.41, 5.74) is 0.331. The van der Waals surface area contributed by atoms with Crippen LogP contribution < -0.4 is 15.2 Å². The molecule has 2 N–H and O–H groups in total. The molecule has 24 heavy (non-hydrogen) atoms. The monoisotopic (exact) mass is 409 g/mol. The predicted octanol–water partition coefficient (Wildman–Crippen LogP) is 0.834. The molecule has 0 saturated carbocycles. The molecule has 1 amide bonds. The molecule has 3 heterocycles. The van der Waals surface area contributed by atoms with Crippen LogP contribution in [0.1, 0.15) is 10.5 Å². The zero-order valence-electron chi connectivity index (χ0n) is 13.2. The first-order chi connectivity index (χ1) is 11.5. The van der Waals surface area contributed by atoms with Gasteiger partial charge in [-0.3, -0.25) is 19.7 Å². The number of H-pyrrole nitrogens is 1. The summed E-state index contributed by atoms with van der Waals surface area (Å²) >= 11 is 8.70. The Morgan fingerprint density at radius 1 is 1.33 bits per heavy atom. The minimum atomic E-state index is -0.300. The number of anilines is 1. The number of aromatic amines is 1. The van der Waals surface area contributed by atoms with Crippen LogP contribution in [-0.4, -0.2) is 51.9 Å². The summed E-state index contributed by atoms with van der Waals surface area (Å²) in [5.74, 6) is 0.788. The van der Waals surface area contributed by atoms with Crippen LogP contribution in [0.4, 0.5) is 5.82 Å².